The molecular weight excluding hydrogens is 408 g/mol. The molecule has 0 unspecified atom stereocenters. The van der Waals surface area contributed by atoms with E-state index in [0.717, 1.165) is 22.4 Å². The number of carbonyl (C=O) groups is 3. The van der Waals surface area contributed by atoms with Crippen molar-refractivity contribution in [2.45, 2.75) is 52.2 Å². The summed E-state index contributed by atoms with van der Waals surface area (Å²) in [5.41, 5.74) is 4.24. The summed E-state index contributed by atoms with van der Waals surface area (Å²) in [5.74, 6) is -1.59. The van der Waals surface area contributed by atoms with E-state index in [1.54, 1.807) is 0 Å². The van der Waals surface area contributed by atoms with Crippen LogP contribution in [-0.4, -0.2) is 40.6 Å². The number of hydrogen-bond acceptors (Lipinski definition) is 5. The second kappa shape index (κ2) is 7.16. The molecule has 3 aliphatic heterocycles. The van der Waals surface area contributed by atoms with E-state index >= 15 is 0 Å². The molecule has 2 amide bonds. The lowest BCUT2D eigenvalue weighted by Gasteiger charge is -2.38. The summed E-state index contributed by atoms with van der Waals surface area (Å²) >= 11 is 1.39. The van der Waals surface area contributed by atoms with Gasteiger partial charge in [0.15, 0.2) is 5.78 Å². The minimum absolute atomic E-state index is 0.0703. The minimum Gasteiger partial charge on any atom is -0.352 e. The number of anilines is 1. The normalized spacial score (nSPS) is 27.7. The van der Waals surface area contributed by atoms with Crippen LogP contribution in [0.15, 0.2) is 41.8 Å². The SMILES string of the molecule is CC[C@H](C)N1C(=O)[C@@H]2[C@@H](C1=O)[C@H](C(=O)c1cccs1)N1c3ccc(C)cc3C(C)=C[C@H]21. The second-order valence-electron chi connectivity index (χ2n) is 8.91. The zero-order valence-corrected chi connectivity index (χ0v) is 19.0. The first kappa shape index (κ1) is 20.2. The second-order valence-corrected chi connectivity index (χ2v) is 9.86. The lowest BCUT2D eigenvalue weighted by Crippen LogP contribution is -2.50. The number of benzene rings is 1. The predicted octanol–water partition coefficient (Wildman–Crippen LogP) is 4.31. The summed E-state index contributed by atoms with van der Waals surface area (Å²) < 4.78 is 0. The monoisotopic (exact) mass is 434 g/mol. The van der Waals surface area contributed by atoms with Gasteiger partial charge in [-0.1, -0.05) is 30.7 Å². The van der Waals surface area contributed by atoms with Crippen LogP contribution in [0.3, 0.4) is 0 Å². The molecule has 160 valence electrons. The van der Waals surface area contributed by atoms with Crippen molar-refractivity contribution < 1.29 is 14.4 Å². The summed E-state index contributed by atoms with van der Waals surface area (Å²) in [6.45, 7) is 7.98. The molecule has 4 heterocycles. The van der Waals surface area contributed by atoms with Crippen LogP contribution in [0.1, 0.15) is 48.0 Å². The number of thiophene rings is 1. The molecule has 1 aromatic heterocycles. The summed E-state index contributed by atoms with van der Waals surface area (Å²) in [6.07, 6.45) is 2.79. The molecule has 3 aliphatic rings. The molecular formula is C25H26N2O3S. The highest BCUT2D eigenvalue weighted by Gasteiger charge is 2.64. The number of allylic oxidation sites excluding steroid dienone is 1. The number of Topliss-reactive ketones (excluding diaryl/α,β-unsaturated/α-hetero) is 1. The highest BCUT2D eigenvalue weighted by Crippen LogP contribution is 2.51. The van der Waals surface area contributed by atoms with Crippen molar-refractivity contribution in [1.82, 2.24) is 4.90 Å². The molecule has 2 aromatic rings. The Morgan fingerprint density at radius 1 is 1.13 bits per heavy atom. The van der Waals surface area contributed by atoms with Gasteiger partial charge in [-0.2, -0.15) is 0 Å². The van der Waals surface area contributed by atoms with Crippen molar-refractivity contribution in [3.05, 3.63) is 57.8 Å². The molecule has 31 heavy (non-hydrogen) atoms. The van der Waals surface area contributed by atoms with E-state index in [1.165, 1.54) is 16.2 Å². The van der Waals surface area contributed by atoms with Crippen molar-refractivity contribution in [2.24, 2.45) is 11.8 Å². The average Bonchev–Trinajstić information content (AvgIpc) is 3.44. The third-order valence-electron chi connectivity index (χ3n) is 7.10. The van der Waals surface area contributed by atoms with Crippen LogP contribution in [0, 0.1) is 18.8 Å². The third-order valence-corrected chi connectivity index (χ3v) is 7.99. The Kier molecular flexibility index (Phi) is 4.66. The number of fused-ring (bicyclic) bond motifs is 5. The fraction of sp³-hybridized carbons (Fsp3) is 0.400. The average molecular weight is 435 g/mol. The topological polar surface area (TPSA) is 57.7 Å². The Morgan fingerprint density at radius 2 is 1.87 bits per heavy atom. The zero-order valence-electron chi connectivity index (χ0n) is 18.2. The molecule has 0 bridgehead atoms. The summed E-state index contributed by atoms with van der Waals surface area (Å²) in [4.78, 5) is 44.9. The van der Waals surface area contributed by atoms with E-state index in [9.17, 15) is 14.4 Å². The molecule has 0 N–H and O–H groups in total. The van der Waals surface area contributed by atoms with E-state index < -0.39 is 17.9 Å². The van der Waals surface area contributed by atoms with Crippen molar-refractivity contribution in [3.8, 4) is 0 Å². The van der Waals surface area contributed by atoms with Gasteiger partial charge >= 0.3 is 0 Å². The van der Waals surface area contributed by atoms with E-state index in [-0.39, 0.29) is 29.7 Å². The van der Waals surface area contributed by atoms with Crippen molar-refractivity contribution in [3.63, 3.8) is 0 Å². The molecule has 2 fully saturated rings. The van der Waals surface area contributed by atoms with E-state index in [2.05, 4.69) is 17.0 Å². The fourth-order valence-electron chi connectivity index (χ4n) is 5.46. The molecule has 5 nitrogen and oxygen atoms in total. The van der Waals surface area contributed by atoms with E-state index in [1.807, 2.05) is 57.3 Å². The van der Waals surface area contributed by atoms with Crippen molar-refractivity contribution in [2.75, 3.05) is 4.90 Å². The van der Waals surface area contributed by atoms with Crippen LogP contribution in [0.2, 0.25) is 0 Å². The van der Waals surface area contributed by atoms with Crippen LogP contribution >= 0.6 is 11.3 Å². The first-order valence-electron chi connectivity index (χ1n) is 10.9. The Bertz CT molecular complexity index is 1120. The minimum atomic E-state index is -0.676. The number of rotatable bonds is 4. The van der Waals surface area contributed by atoms with Crippen LogP contribution in [0.25, 0.3) is 5.57 Å². The number of imide groups is 1. The van der Waals surface area contributed by atoms with Gasteiger partial charge < -0.3 is 4.90 Å². The van der Waals surface area contributed by atoms with Crippen LogP contribution < -0.4 is 4.90 Å². The van der Waals surface area contributed by atoms with E-state index in [0.29, 0.717) is 11.3 Å². The number of aryl methyl sites for hydroxylation is 1. The molecule has 0 radical (unpaired) electrons. The molecule has 1 aromatic carbocycles. The maximum Gasteiger partial charge on any atom is 0.236 e. The van der Waals surface area contributed by atoms with E-state index in [4.69, 9.17) is 0 Å². The maximum absolute atomic E-state index is 13.7. The quantitative estimate of drug-likeness (QED) is 0.531. The molecule has 0 spiro atoms. The molecule has 6 heteroatoms. The highest BCUT2D eigenvalue weighted by atomic mass is 32.1. The van der Waals surface area contributed by atoms with Gasteiger partial charge in [0.05, 0.1) is 22.8 Å². The number of ketones is 1. The number of nitrogens with zero attached hydrogens (tertiary/aromatic N) is 2. The van der Waals surface area contributed by atoms with Crippen molar-refractivity contribution >= 4 is 40.2 Å². The highest BCUT2D eigenvalue weighted by molar-refractivity contribution is 7.12. The van der Waals surface area contributed by atoms with Crippen molar-refractivity contribution in [1.29, 1.82) is 0 Å². The van der Waals surface area contributed by atoms with Gasteiger partial charge in [-0.25, -0.2) is 0 Å². The van der Waals surface area contributed by atoms with Gasteiger partial charge in [0.2, 0.25) is 11.8 Å². The molecule has 5 rings (SSSR count). The lowest BCUT2D eigenvalue weighted by atomic mass is 9.86. The van der Waals surface area contributed by atoms with Crippen LogP contribution in [0.5, 0.6) is 0 Å². The van der Waals surface area contributed by atoms with Gasteiger partial charge in [-0.05, 0) is 56.3 Å². The molecule has 2 saturated heterocycles. The standard InChI is InChI=1S/C25H26N2O3S/c1-5-15(4)26-24(29)20-18-12-14(3)16-11-13(2)8-9-17(16)27(18)22(21(20)25(26)30)23(28)19-7-6-10-31-19/h6-12,15,18,20-22H,5H2,1-4H3/t15-,18+,20-,21+,22+/m0/s1. The first-order valence-corrected chi connectivity index (χ1v) is 11.8. The molecule has 0 aliphatic carbocycles. The van der Waals surface area contributed by atoms with Gasteiger partial charge in [-0.3, -0.25) is 19.3 Å². The third kappa shape index (κ3) is 2.77. The van der Waals surface area contributed by atoms with Gasteiger partial charge in [0, 0.05) is 17.3 Å². The predicted molar refractivity (Wildman–Crippen MR) is 122 cm³/mol. The number of hydrogen-bond donors (Lipinski definition) is 0. The molecule has 5 atom stereocenters. The summed E-state index contributed by atoms with van der Waals surface area (Å²) in [7, 11) is 0. The van der Waals surface area contributed by atoms with Gasteiger partial charge in [-0.15, -0.1) is 11.3 Å². The largest absolute Gasteiger partial charge is 0.352 e. The number of likely N-dealkylation sites (tertiary alicyclic amines) is 1. The summed E-state index contributed by atoms with van der Waals surface area (Å²) in [5, 5.41) is 1.88. The first-order chi connectivity index (χ1) is 14.8. The molecule has 0 saturated carbocycles. The van der Waals surface area contributed by atoms with Crippen LogP contribution in [0.4, 0.5) is 5.69 Å². The number of amides is 2. The number of carbonyl (C=O) groups excluding carboxylic acids is 3. The van der Waals surface area contributed by atoms with Crippen LogP contribution in [-0.2, 0) is 9.59 Å². The Morgan fingerprint density at radius 3 is 2.55 bits per heavy atom. The Hall–Kier alpha value is -2.73. The smallest absolute Gasteiger partial charge is 0.236 e. The van der Waals surface area contributed by atoms with Gasteiger partial charge in [0.25, 0.3) is 0 Å². The lowest BCUT2D eigenvalue weighted by molar-refractivity contribution is -0.142. The Balaban J connectivity index is 1.69. The fourth-order valence-corrected chi connectivity index (χ4v) is 6.16. The van der Waals surface area contributed by atoms with Gasteiger partial charge in [0.1, 0.15) is 6.04 Å². The maximum atomic E-state index is 13.7. The Labute approximate surface area is 186 Å². The zero-order chi connectivity index (χ0) is 22.0. The summed E-state index contributed by atoms with van der Waals surface area (Å²) in [6, 6.07) is 8.71.